The van der Waals surface area contributed by atoms with Crippen molar-refractivity contribution in [3.63, 3.8) is 0 Å². The number of hydrogen-bond donors (Lipinski definition) is 0. The predicted molar refractivity (Wildman–Crippen MR) is 96.5 cm³/mol. The van der Waals surface area contributed by atoms with Crippen molar-refractivity contribution in [1.82, 2.24) is 4.98 Å². The molecule has 0 unspecified atom stereocenters. The van der Waals surface area contributed by atoms with Gasteiger partial charge in [-0.3, -0.25) is 0 Å². The van der Waals surface area contributed by atoms with Crippen LogP contribution in [-0.4, -0.2) is 11.6 Å². The van der Waals surface area contributed by atoms with E-state index in [1.165, 1.54) is 11.3 Å². The number of nitriles is 1. The highest BCUT2D eigenvalue weighted by molar-refractivity contribution is 7.14. The molecule has 0 atom stereocenters. The molecule has 3 aromatic rings. The van der Waals surface area contributed by atoms with Crippen LogP contribution in [-0.2, 0) is 0 Å². The molecular weight excluding hydrogens is 324 g/mol. The summed E-state index contributed by atoms with van der Waals surface area (Å²) in [5, 5.41) is 14.2. The fourth-order valence-corrected chi connectivity index (χ4v) is 3.67. The van der Waals surface area contributed by atoms with Crippen LogP contribution >= 0.6 is 22.7 Å². The van der Waals surface area contributed by atoms with Crippen molar-refractivity contribution in [2.75, 3.05) is 6.61 Å². The van der Waals surface area contributed by atoms with Crippen LogP contribution in [0, 0.1) is 11.3 Å². The SMILES string of the molecule is CCOc1ccccc1/C=C(/C#N)c1nc(-c2cccs2)cs1. The maximum Gasteiger partial charge on any atom is 0.134 e. The fraction of sp³-hybridized carbons (Fsp3) is 0.111. The summed E-state index contributed by atoms with van der Waals surface area (Å²) in [5.41, 5.74) is 2.35. The highest BCUT2D eigenvalue weighted by Gasteiger charge is 2.11. The van der Waals surface area contributed by atoms with Crippen molar-refractivity contribution in [2.24, 2.45) is 0 Å². The Morgan fingerprint density at radius 3 is 2.87 bits per heavy atom. The first kappa shape index (κ1) is 15.5. The third-order valence-electron chi connectivity index (χ3n) is 3.15. The molecule has 0 saturated carbocycles. The lowest BCUT2D eigenvalue weighted by Crippen LogP contribution is -1.93. The zero-order valence-corrected chi connectivity index (χ0v) is 14.2. The third-order valence-corrected chi connectivity index (χ3v) is 4.92. The second-order valence-corrected chi connectivity index (χ2v) is 6.46. The van der Waals surface area contributed by atoms with Gasteiger partial charge in [0.1, 0.15) is 16.8 Å². The molecule has 0 aliphatic heterocycles. The topological polar surface area (TPSA) is 45.9 Å². The van der Waals surface area contributed by atoms with Gasteiger partial charge in [0.15, 0.2) is 0 Å². The molecule has 0 aliphatic rings. The van der Waals surface area contributed by atoms with Crippen molar-refractivity contribution >= 4 is 34.3 Å². The molecule has 0 spiro atoms. The van der Waals surface area contributed by atoms with E-state index >= 15 is 0 Å². The van der Waals surface area contributed by atoms with Crippen molar-refractivity contribution in [1.29, 1.82) is 5.26 Å². The van der Waals surface area contributed by atoms with Crippen LogP contribution in [0.4, 0.5) is 0 Å². The van der Waals surface area contributed by atoms with E-state index in [1.54, 1.807) is 11.3 Å². The number of aromatic nitrogens is 1. The molecule has 0 aliphatic carbocycles. The van der Waals surface area contributed by atoms with E-state index in [0.717, 1.165) is 26.9 Å². The number of thiophene rings is 1. The van der Waals surface area contributed by atoms with Crippen LogP contribution in [0.5, 0.6) is 5.75 Å². The first-order valence-electron chi connectivity index (χ1n) is 7.15. The summed E-state index contributed by atoms with van der Waals surface area (Å²) < 4.78 is 5.61. The number of nitrogens with zero attached hydrogens (tertiary/aromatic N) is 2. The molecule has 1 aromatic carbocycles. The van der Waals surface area contributed by atoms with Gasteiger partial charge in [0.2, 0.25) is 0 Å². The van der Waals surface area contributed by atoms with Crippen LogP contribution in [0.2, 0.25) is 0 Å². The zero-order valence-electron chi connectivity index (χ0n) is 12.5. The van der Waals surface area contributed by atoms with E-state index in [0.29, 0.717) is 12.2 Å². The molecule has 3 rings (SSSR count). The molecule has 2 heterocycles. The van der Waals surface area contributed by atoms with Crippen molar-refractivity contribution < 1.29 is 4.74 Å². The Labute approximate surface area is 143 Å². The van der Waals surface area contributed by atoms with Crippen LogP contribution < -0.4 is 4.74 Å². The molecule has 114 valence electrons. The van der Waals surface area contributed by atoms with Crippen molar-refractivity contribution in [3.05, 3.63) is 57.7 Å². The third kappa shape index (κ3) is 3.50. The van der Waals surface area contributed by atoms with Crippen LogP contribution in [0.15, 0.2) is 47.2 Å². The lowest BCUT2D eigenvalue weighted by molar-refractivity contribution is 0.339. The summed E-state index contributed by atoms with van der Waals surface area (Å²) in [7, 11) is 0. The molecule has 0 bridgehead atoms. The number of allylic oxidation sites excluding steroid dienone is 1. The standard InChI is InChI=1S/C18H14N2OS2/c1-2-21-16-7-4-3-6-13(16)10-14(11-19)18-20-15(12-23-18)17-8-5-9-22-17/h3-10,12H,2H2,1H3/b14-10-. The highest BCUT2D eigenvalue weighted by atomic mass is 32.1. The molecule has 2 aromatic heterocycles. The first-order chi connectivity index (χ1) is 11.3. The Bertz CT molecular complexity index is 857. The van der Waals surface area contributed by atoms with E-state index in [1.807, 2.05) is 60.2 Å². The quantitative estimate of drug-likeness (QED) is 0.590. The molecule has 3 nitrogen and oxygen atoms in total. The highest BCUT2D eigenvalue weighted by Crippen LogP contribution is 2.30. The van der Waals surface area contributed by atoms with Gasteiger partial charge >= 0.3 is 0 Å². The maximum absolute atomic E-state index is 9.51. The van der Waals surface area contributed by atoms with Gasteiger partial charge < -0.3 is 4.74 Å². The van der Waals surface area contributed by atoms with E-state index in [2.05, 4.69) is 11.1 Å². The van der Waals surface area contributed by atoms with Gasteiger partial charge in [0.05, 0.1) is 22.8 Å². The summed E-state index contributed by atoms with van der Waals surface area (Å²) >= 11 is 3.13. The number of thiazole rings is 1. The molecule has 0 radical (unpaired) electrons. The Balaban J connectivity index is 1.96. The Morgan fingerprint density at radius 1 is 1.26 bits per heavy atom. The minimum Gasteiger partial charge on any atom is -0.493 e. The van der Waals surface area contributed by atoms with E-state index in [4.69, 9.17) is 4.74 Å². The van der Waals surface area contributed by atoms with Gasteiger partial charge in [-0.15, -0.1) is 22.7 Å². The molecule has 0 fully saturated rings. The average molecular weight is 338 g/mol. The lowest BCUT2D eigenvalue weighted by atomic mass is 10.1. The summed E-state index contributed by atoms with van der Waals surface area (Å²) in [5.74, 6) is 0.776. The van der Waals surface area contributed by atoms with Gasteiger partial charge in [-0.05, 0) is 30.5 Å². The van der Waals surface area contributed by atoms with Gasteiger partial charge in [0.25, 0.3) is 0 Å². The Morgan fingerprint density at radius 2 is 2.13 bits per heavy atom. The maximum atomic E-state index is 9.51. The van der Waals surface area contributed by atoms with Crippen LogP contribution in [0.3, 0.4) is 0 Å². The van der Waals surface area contributed by atoms with E-state index in [-0.39, 0.29) is 0 Å². The summed E-state index contributed by atoms with van der Waals surface area (Å²) in [6.45, 7) is 2.53. The number of para-hydroxylation sites is 1. The summed E-state index contributed by atoms with van der Waals surface area (Å²) in [4.78, 5) is 5.70. The zero-order chi connectivity index (χ0) is 16.1. The summed E-state index contributed by atoms with van der Waals surface area (Å²) in [6.07, 6.45) is 1.84. The predicted octanol–water partition coefficient (Wildman–Crippen LogP) is 5.33. The van der Waals surface area contributed by atoms with Gasteiger partial charge in [-0.1, -0.05) is 24.3 Å². The summed E-state index contributed by atoms with van der Waals surface area (Å²) in [6, 6.07) is 14.0. The minimum atomic E-state index is 0.546. The Hall–Kier alpha value is -2.42. The van der Waals surface area contributed by atoms with Crippen LogP contribution in [0.1, 0.15) is 17.5 Å². The smallest absolute Gasteiger partial charge is 0.134 e. The van der Waals surface area contributed by atoms with E-state index in [9.17, 15) is 5.26 Å². The second kappa shape index (κ2) is 7.23. The van der Waals surface area contributed by atoms with Gasteiger partial charge in [-0.2, -0.15) is 5.26 Å². The Kier molecular flexibility index (Phi) is 4.86. The number of hydrogen-bond acceptors (Lipinski definition) is 5. The van der Waals surface area contributed by atoms with Gasteiger partial charge in [0, 0.05) is 10.9 Å². The first-order valence-corrected chi connectivity index (χ1v) is 8.91. The molecule has 23 heavy (non-hydrogen) atoms. The number of rotatable bonds is 5. The van der Waals surface area contributed by atoms with Gasteiger partial charge in [-0.25, -0.2) is 4.98 Å². The average Bonchev–Trinajstić information content (AvgIpc) is 3.25. The molecule has 0 amide bonds. The van der Waals surface area contributed by atoms with Crippen molar-refractivity contribution in [3.8, 4) is 22.4 Å². The molecule has 0 N–H and O–H groups in total. The number of ether oxygens (including phenoxy) is 1. The molecular formula is C18H14N2OS2. The second-order valence-electron chi connectivity index (χ2n) is 4.66. The van der Waals surface area contributed by atoms with Crippen molar-refractivity contribution in [2.45, 2.75) is 6.92 Å². The monoisotopic (exact) mass is 338 g/mol. The molecule has 5 heteroatoms. The minimum absolute atomic E-state index is 0.546. The lowest BCUT2D eigenvalue weighted by Gasteiger charge is -2.06. The number of benzene rings is 1. The van der Waals surface area contributed by atoms with Crippen LogP contribution in [0.25, 0.3) is 22.2 Å². The largest absolute Gasteiger partial charge is 0.493 e. The fourth-order valence-electron chi connectivity index (χ4n) is 2.12. The molecule has 0 saturated heterocycles. The normalized spacial score (nSPS) is 11.2. The van der Waals surface area contributed by atoms with E-state index < -0.39 is 0 Å².